The molecule has 0 aliphatic heterocycles. The first-order chi connectivity index (χ1) is 18.7. The normalized spacial score (nSPS) is 12.5. The van der Waals surface area contributed by atoms with Gasteiger partial charge in [-0.2, -0.15) is 5.26 Å². The summed E-state index contributed by atoms with van der Waals surface area (Å²) < 4.78 is 29.1. The van der Waals surface area contributed by atoms with E-state index in [1.54, 1.807) is 49.1 Å². The van der Waals surface area contributed by atoms with Crippen LogP contribution in [0.1, 0.15) is 12.6 Å². The van der Waals surface area contributed by atoms with E-state index in [2.05, 4.69) is 16.5 Å². The second kappa shape index (κ2) is 11.6. The number of methoxy groups -OCH3 is 1. The molecule has 4 aromatic rings. The van der Waals surface area contributed by atoms with Gasteiger partial charge in [0.2, 0.25) is 5.91 Å². The number of pyridine rings is 2. The second-order valence-electron chi connectivity index (χ2n) is 8.31. The van der Waals surface area contributed by atoms with Crippen molar-refractivity contribution in [2.75, 3.05) is 25.7 Å². The zero-order valence-electron chi connectivity index (χ0n) is 21.6. The van der Waals surface area contributed by atoms with E-state index in [1.165, 1.54) is 24.3 Å². The Morgan fingerprint density at radius 2 is 2.00 bits per heavy atom. The van der Waals surface area contributed by atoms with Crippen LogP contribution in [0.3, 0.4) is 0 Å². The van der Waals surface area contributed by atoms with Crippen LogP contribution in [0.25, 0.3) is 33.3 Å². The van der Waals surface area contributed by atoms with Crippen LogP contribution in [0.4, 0.5) is 5.69 Å². The number of nitriles is 1. The molecule has 1 aromatic carbocycles. The maximum Gasteiger partial charge on any atom is 0.473 e. The zero-order valence-corrected chi connectivity index (χ0v) is 22.5. The molecule has 0 saturated carbocycles. The van der Waals surface area contributed by atoms with Crippen molar-refractivity contribution in [3.05, 3.63) is 73.3 Å². The number of nitrogens with zero attached hydrogens (tertiary/aromatic N) is 5. The molecule has 0 saturated heterocycles. The number of hydrogen-bond donors (Lipinski definition) is 1. The molecule has 0 fully saturated rings. The van der Waals surface area contributed by atoms with Gasteiger partial charge < -0.3 is 19.1 Å². The maximum atomic E-state index is 12.2. The quantitative estimate of drug-likeness (QED) is 0.217. The van der Waals surface area contributed by atoms with Gasteiger partial charge in [-0.25, -0.2) is 14.5 Å². The van der Waals surface area contributed by atoms with Crippen LogP contribution in [0.15, 0.2) is 67.6 Å². The Bertz CT molecular complexity index is 1640. The largest absolute Gasteiger partial charge is 0.497 e. The number of aromatic nitrogens is 3. The maximum absolute atomic E-state index is 12.2. The van der Waals surface area contributed by atoms with Crippen LogP contribution < -0.4 is 9.64 Å². The van der Waals surface area contributed by atoms with Crippen LogP contribution in [-0.4, -0.2) is 46.1 Å². The Morgan fingerprint density at radius 1 is 1.21 bits per heavy atom. The molecule has 11 nitrogen and oxygen atoms in total. The van der Waals surface area contributed by atoms with Gasteiger partial charge in [0, 0.05) is 53.9 Å². The lowest BCUT2D eigenvalue weighted by molar-refractivity contribution is -0.113. The van der Waals surface area contributed by atoms with Crippen LogP contribution in [0.2, 0.25) is 0 Å². The molecule has 200 valence electrons. The minimum absolute atomic E-state index is 0.0110. The van der Waals surface area contributed by atoms with E-state index in [9.17, 15) is 19.5 Å². The summed E-state index contributed by atoms with van der Waals surface area (Å²) >= 11 is 0. The number of ether oxygens (including phenoxy) is 1. The van der Waals surface area contributed by atoms with Crippen molar-refractivity contribution in [3.63, 3.8) is 0 Å². The third-order valence-electron chi connectivity index (χ3n) is 5.90. The molecule has 39 heavy (non-hydrogen) atoms. The topological polar surface area (TPSA) is 140 Å². The molecule has 0 radical (unpaired) electrons. The predicted molar refractivity (Wildman–Crippen MR) is 146 cm³/mol. The molecule has 3 aromatic heterocycles. The highest BCUT2D eigenvalue weighted by molar-refractivity contribution is 7.47. The Labute approximate surface area is 225 Å². The molecule has 4 rings (SSSR count). The number of hydrogen-bond acceptors (Lipinski definition) is 8. The van der Waals surface area contributed by atoms with Crippen LogP contribution >= 0.6 is 7.82 Å². The first-order valence-electron chi connectivity index (χ1n) is 11.8. The number of likely N-dealkylation sites (N-methyl/N-ethyl adjacent to an activating group) is 1. The van der Waals surface area contributed by atoms with Crippen LogP contribution in [0, 0.1) is 11.3 Å². The van der Waals surface area contributed by atoms with E-state index < -0.39 is 7.82 Å². The van der Waals surface area contributed by atoms with Crippen LogP contribution in [-0.2, 0) is 25.1 Å². The Morgan fingerprint density at radius 3 is 2.69 bits per heavy atom. The fraction of sp³-hybridized carbons (Fsp3) is 0.185. The number of benzene rings is 1. The molecular weight excluding hydrogens is 521 g/mol. The Hall–Kier alpha value is -4.33. The molecule has 1 atom stereocenters. The third kappa shape index (κ3) is 6.06. The summed E-state index contributed by atoms with van der Waals surface area (Å²) in [5.74, 6) is 0.265. The van der Waals surface area contributed by atoms with Crippen LogP contribution in [0.5, 0.6) is 5.75 Å². The number of anilines is 1. The smallest absolute Gasteiger partial charge is 0.473 e. The van der Waals surface area contributed by atoms with Gasteiger partial charge in [0.1, 0.15) is 29.9 Å². The molecule has 1 N–H and O–H groups in total. The lowest BCUT2D eigenvalue weighted by Gasteiger charge is -2.18. The van der Waals surface area contributed by atoms with Crippen molar-refractivity contribution < 1.29 is 28.0 Å². The van der Waals surface area contributed by atoms with Gasteiger partial charge in [0.15, 0.2) is 0 Å². The minimum atomic E-state index is -4.26. The summed E-state index contributed by atoms with van der Waals surface area (Å²) in [5.41, 5.74) is 4.17. The Balaban J connectivity index is 1.87. The van der Waals surface area contributed by atoms with Crippen molar-refractivity contribution in [1.29, 1.82) is 5.26 Å². The number of amides is 1. The minimum Gasteiger partial charge on any atom is -0.497 e. The van der Waals surface area contributed by atoms with Gasteiger partial charge in [-0.15, -0.1) is 0 Å². The lowest BCUT2D eigenvalue weighted by Crippen LogP contribution is -2.23. The van der Waals surface area contributed by atoms with Gasteiger partial charge in [0.25, 0.3) is 0 Å². The number of phosphoric ester groups is 1. The molecule has 0 aliphatic carbocycles. The third-order valence-corrected chi connectivity index (χ3v) is 6.93. The number of carbonyl (C=O) groups excluding carboxylic acids is 1. The van der Waals surface area contributed by atoms with E-state index in [4.69, 9.17) is 13.8 Å². The molecule has 3 heterocycles. The zero-order chi connectivity index (χ0) is 28.2. The SMILES string of the molecule is C=CC(=O)N(C)c1cc(OC)cc(-c2cnc3c(c2)c(-c2ccnc(C#N)c2)cn3COP(=O)(O)OCC)c1. The van der Waals surface area contributed by atoms with E-state index in [0.717, 1.165) is 11.1 Å². The lowest BCUT2D eigenvalue weighted by atomic mass is 10.0. The summed E-state index contributed by atoms with van der Waals surface area (Å²) in [6.45, 7) is 4.84. The number of carbonyl (C=O) groups is 1. The molecule has 12 heteroatoms. The molecule has 0 bridgehead atoms. The first-order valence-corrected chi connectivity index (χ1v) is 13.3. The predicted octanol–water partition coefficient (Wildman–Crippen LogP) is 4.91. The van der Waals surface area contributed by atoms with E-state index >= 15 is 0 Å². The summed E-state index contributed by atoms with van der Waals surface area (Å²) in [7, 11) is -1.08. The van der Waals surface area contributed by atoms with Gasteiger partial charge in [-0.3, -0.25) is 13.8 Å². The van der Waals surface area contributed by atoms with Crippen molar-refractivity contribution in [1.82, 2.24) is 14.5 Å². The molecule has 0 aliphatic rings. The average Bonchev–Trinajstić information content (AvgIpc) is 3.33. The highest BCUT2D eigenvalue weighted by Crippen LogP contribution is 2.44. The summed E-state index contributed by atoms with van der Waals surface area (Å²) in [6.07, 6.45) is 6.12. The number of phosphoric acid groups is 1. The average molecular weight is 548 g/mol. The standard InChI is InChI=1S/C27H26N5O6P/c1-5-26(33)31(3)22-10-19(11-23(13-22)36-4)20-12-24-25(18-7-8-29-21(9-18)14-28)16-32(27(24)30-15-20)17-38-39(34,35)37-6-2/h5,7-13,15-16H,1,6,17H2,2-4H3,(H,34,35). The van der Waals surface area contributed by atoms with Crippen molar-refractivity contribution in [2.45, 2.75) is 13.7 Å². The molecule has 0 spiro atoms. The van der Waals surface area contributed by atoms with Crippen molar-refractivity contribution in [3.8, 4) is 34.1 Å². The van der Waals surface area contributed by atoms with E-state index in [1.807, 2.05) is 24.3 Å². The number of rotatable bonds is 10. The second-order valence-corrected chi connectivity index (χ2v) is 9.77. The van der Waals surface area contributed by atoms with Crippen molar-refractivity contribution in [2.24, 2.45) is 0 Å². The van der Waals surface area contributed by atoms with Gasteiger partial charge >= 0.3 is 7.82 Å². The number of fused-ring (bicyclic) bond motifs is 1. The highest BCUT2D eigenvalue weighted by atomic mass is 31.2. The summed E-state index contributed by atoms with van der Waals surface area (Å²) in [6, 6.07) is 12.7. The summed E-state index contributed by atoms with van der Waals surface area (Å²) in [5, 5.41) is 10.0. The Kier molecular flexibility index (Phi) is 8.24. The summed E-state index contributed by atoms with van der Waals surface area (Å²) in [4.78, 5) is 32.3. The molecule has 1 unspecified atom stereocenters. The molecular formula is C27H26N5O6P. The van der Waals surface area contributed by atoms with Gasteiger partial charge in [-0.05, 0) is 54.5 Å². The van der Waals surface area contributed by atoms with E-state index in [0.29, 0.717) is 33.6 Å². The fourth-order valence-electron chi connectivity index (χ4n) is 3.98. The highest BCUT2D eigenvalue weighted by Gasteiger charge is 2.22. The monoisotopic (exact) mass is 547 g/mol. The fourth-order valence-corrected chi connectivity index (χ4v) is 4.65. The van der Waals surface area contributed by atoms with Gasteiger partial charge in [0.05, 0.1) is 13.7 Å². The van der Waals surface area contributed by atoms with E-state index in [-0.39, 0.29) is 24.9 Å². The first kappa shape index (κ1) is 27.7. The van der Waals surface area contributed by atoms with Gasteiger partial charge in [-0.1, -0.05) is 6.58 Å². The molecule has 1 amide bonds. The van der Waals surface area contributed by atoms with Crippen molar-refractivity contribution >= 4 is 30.5 Å².